The minimum atomic E-state index is -0.892. The van der Waals surface area contributed by atoms with Crippen LogP contribution in [0.1, 0.15) is 40.0 Å². The van der Waals surface area contributed by atoms with Gasteiger partial charge in [-0.2, -0.15) is 0 Å². The van der Waals surface area contributed by atoms with Crippen LogP contribution in [0.5, 0.6) is 0 Å². The van der Waals surface area contributed by atoms with E-state index >= 15 is 0 Å². The molecule has 1 unspecified atom stereocenters. The molecule has 17 heavy (non-hydrogen) atoms. The van der Waals surface area contributed by atoms with Crippen molar-refractivity contribution in [3.05, 3.63) is 22.4 Å². The predicted molar refractivity (Wildman–Crippen MR) is 66.5 cm³/mol. The molecular formula is C13H21NO3. The van der Waals surface area contributed by atoms with Crippen LogP contribution in [-0.2, 0) is 9.53 Å². The summed E-state index contributed by atoms with van der Waals surface area (Å²) in [5, 5.41) is 9.33. The minimum Gasteiger partial charge on any atom is -0.478 e. The first-order valence-corrected chi connectivity index (χ1v) is 6.02. The van der Waals surface area contributed by atoms with Crippen molar-refractivity contribution in [3.63, 3.8) is 0 Å². The van der Waals surface area contributed by atoms with E-state index in [1.54, 1.807) is 0 Å². The fourth-order valence-electron chi connectivity index (χ4n) is 2.00. The molecule has 0 saturated carbocycles. The molecule has 0 bridgehead atoms. The lowest BCUT2D eigenvalue weighted by molar-refractivity contribution is -0.132. The minimum absolute atomic E-state index is 0.202. The van der Waals surface area contributed by atoms with Gasteiger partial charge in [0.15, 0.2) is 0 Å². The third-order valence-electron chi connectivity index (χ3n) is 3.20. The summed E-state index contributed by atoms with van der Waals surface area (Å²) in [7, 11) is 0. The maximum atomic E-state index is 11.4. The number of hydrogen-bond acceptors (Lipinski definition) is 3. The average Bonchev–Trinajstić information content (AvgIpc) is 2.44. The summed E-state index contributed by atoms with van der Waals surface area (Å²) in [4.78, 5) is 11.4. The molecule has 0 amide bonds. The molecule has 0 spiro atoms. The third-order valence-corrected chi connectivity index (χ3v) is 3.20. The van der Waals surface area contributed by atoms with Crippen LogP contribution in [0.4, 0.5) is 0 Å². The van der Waals surface area contributed by atoms with Crippen molar-refractivity contribution in [2.75, 3.05) is 6.61 Å². The maximum Gasteiger partial charge on any atom is 0.335 e. The van der Waals surface area contributed by atoms with Gasteiger partial charge in [0, 0.05) is 12.3 Å². The van der Waals surface area contributed by atoms with E-state index in [0.29, 0.717) is 30.7 Å². The standard InChI is InChI=1S/C13H21NO3/c1-4-8(2)11(13(15)16)10-6-5-7-17-9(3)12(10)14/h9H,4-7,14H2,1-3H3,(H,15,16). The number of ether oxygens (including phenoxy) is 1. The normalized spacial score (nSPS) is 23.1. The lowest BCUT2D eigenvalue weighted by atomic mass is 9.93. The maximum absolute atomic E-state index is 11.4. The van der Waals surface area contributed by atoms with Crippen LogP contribution >= 0.6 is 0 Å². The van der Waals surface area contributed by atoms with E-state index < -0.39 is 5.97 Å². The van der Waals surface area contributed by atoms with Gasteiger partial charge in [0.2, 0.25) is 0 Å². The Morgan fingerprint density at radius 1 is 1.59 bits per heavy atom. The lowest BCUT2D eigenvalue weighted by Crippen LogP contribution is -2.20. The molecular weight excluding hydrogens is 218 g/mol. The molecule has 0 aromatic heterocycles. The van der Waals surface area contributed by atoms with Crippen LogP contribution < -0.4 is 5.73 Å². The molecule has 0 radical (unpaired) electrons. The van der Waals surface area contributed by atoms with Crippen molar-refractivity contribution in [3.8, 4) is 0 Å². The predicted octanol–water partition coefficient (Wildman–Crippen LogP) is 2.21. The monoisotopic (exact) mass is 239 g/mol. The van der Waals surface area contributed by atoms with Gasteiger partial charge in [-0.3, -0.25) is 0 Å². The Morgan fingerprint density at radius 3 is 2.76 bits per heavy atom. The summed E-state index contributed by atoms with van der Waals surface area (Å²) < 4.78 is 5.49. The highest BCUT2D eigenvalue weighted by Crippen LogP contribution is 2.27. The first kappa shape index (κ1) is 13.8. The third kappa shape index (κ3) is 3.09. The Bertz CT molecular complexity index is 369. The molecule has 3 N–H and O–H groups in total. The van der Waals surface area contributed by atoms with Crippen molar-refractivity contribution >= 4 is 5.97 Å². The van der Waals surface area contributed by atoms with E-state index in [2.05, 4.69) is 0 Å². The number of nitrogens with two attached hydrogens (primary N) is 1. The number of hydrogen-bond donors (Lipinski definition) is 2. The van der Waals surface area contributed by atoms with Gasteiger partial charge in [0.1, 0.15) is 0 Å². The molecule has 0 aliphatic carbocycles. The van der Waals surface area contributed by atoms with E-state index in [4.69, 9.17) is 10.5 Å². The molecule has 1 aliphatic heterocycles. The van der Waals surface area contributed by atoms with Gasteiger partial charge in [-0.1, -0.05) is 12.5 Å². The van der Waals surface area contributed by atoms with Crippen LogP contribution in [-0.4, -0.2) is 23.8 Å². The van der Waals surface area contributed by atoms with Crippen LogP contribution in [0.3, 0.4) is 0 Å². The summed E-state index contributed by atoms with van der Waals surface area (Å²) in [6.07, 6.45) is 2.00. The number of aliphatic carboxylic acids is 1. The topological polar surface area (TPSA) is 72.5 Å². The van der Waals surface area contributed by atoms with E-state index in [1.807, 2.05) is 20.8 Å². The van der Waals surface area contributed by atoms with Gasteiger partial charge in [-0.15, -0.1) is 0 Å². The number of carbonyl (C=O) groups is 1. The zero-order valence-corrected chi connectivity index (χ0v) is 10.7. The summed E-state index contributed by atoms with van der Waals surface area (Å²) >= 11 is 0. The zero-order chi connectivity index (χ0) is 13.0. The Balaban J connectivity index is 3.26. The van der Waals surface area contributed by atoms with Gasteiger partial charge in [-0.25, -0.2) is 4.79 Å². The molecule has 4 nitrogen and oxygen atoms in total. The van der Waals surface area contributed by atoms with Crippen molar-refractivity contribution in [1.29, 1.82) is 0 Å². The van der Waals surface area contributed by atoms with Crippen LogP contribution in [0, 0.1) is 0 Å². The summed E-state index contributed by atoms with van der Waals surface area (Å²) in [5.41, 5.74) is 8.57. The number of allylic oxidation sites excluding steroid dienone is 1. The smallest absolute Gasteiger partial charge is 0.335 e. The van der Waals surface area contributed by atoms with Crippen LogP contribution in [0.2, 0.25) is 0 Å². The Kier molecular flexibility index (Phi) is 4.75. The molecule has 1 aliphatic rings. The molecule has 96 valence electrons. The Labute approximate surface area is 102 Å². The van der Waals surface area contributed by atoms with Gasteiger partial charge in [0.25, 0.3) is 0 Å². The fraction of sp³-hybridized carbons (Fsp3) is 0.615. The van der Waals surface area contributed by atoms with E-state index in [9.17, 15) is 9.90 Å². The second kappa shape index (κ2) is 5.87. The summed E-state index contributed by atoms with van der Waals surface area (Å²) in [6, 6.07) is 0. The number of carboxylic acids is 1. The molecule has 0 aromatic rings. The number of carboxylic acid groups (broad SMARTS) is 1. The van der Waals surface area contributed by atoms with Gasteiger partial charge in [-0.05, 0) is 38.7 Å². The zero-order valence-electron chi connectivity index (χ0n) is 10.7. The molecule has 1 heterocycles. The van der Waals surface area contributed by atoms with Crippen LogP contribution in [0.25, 0.3) is 0 Å². The highest BCUT2D eigenvalue weighted by molar-refractivity contribution is 5.93. The second-order valence-electron chi connectivity index (χ2n) is 4.36. The average molecular weight is 239 g/mol. The van der Waals surface area contributed by atoms with Crippen molar-refractivity contribution < 1.29 is 14.6 Å². The summed E-state index contributed by atoms with van der Waals surface area (Å²) in [5.74, 6) is -0.892. The molecule has 0 aromatic carbocycles. The van der Waals surface area contributed by atoms with Gasteiger partial charge in [0.05, 0.1) is 11.7 Å². The molecule has 4 heteroatoms. The fourth-order valence-corrected chi connectivity index (χ4v) is 2.00. The van der Waals surface area contributed by atoms with Crippen molar-refractivity contribution in [1.82, 2.24) is 0 Å². The van der Waals surface area contributed by atoms with Crippen molar-refractivity contribution in [2.45, 2.75) is 46.1 Å². The lowest BCUT2D eigenvalue weighted by Gasteiger charge is -2.15. The highest BCUT2D eigenvalue weighted by atomic mass is 16.5. The first-order valence-electron chi connectivity index (χ1n) is 6.02. The SMILES string of the molecule is CCC(C)=C(C(=O)O)C1=C(N)C(C)OCCC1. The van der Waals surface area contributed by atoms with E-state index in [-0.39, 0.29) is 6.10 Å². The molecule has 0 fully saturated rings. The Morgan fingerprint density at radius 2 is 2.24 bits per heavy atom. The Hall–Kier alpha value is -1.29. The van der Waals surface area contributed by atoms with Gasteiger partial charge < -0.3 is 15.6 Å². The number of rotatable bonds is 3. The van der Waals surface area contributed by atoms with Crippen LogP contribution in [0.15, 0.2) is 22.4 Å². The molecule has 1 rings (SSSR count). The van der Waals surface area contributed by atoms with E-state index in [1.165, 1.54) is 0 Å². The van der Waals surface area contributed by atoms with Gasteiger partial charge >= 0.3 is 5.97 Å². The van der Waals surface area contributed by atoms with E-state index in [0.717, 1.165) is 17.6 Å². The highest BCUT2D eigenvalue weighted by Gasteiger charge is 2.23. The summed E-state index contributed by atoms with van der Waals surface area (Å²) in [6.45, 7) is 6.29. The second-order valence-corrected chi connectivity index (χ2v) is 4.36. The van der Waals surface area contributed by atoms with Crippen molar-refractivity contribution in [2.24, 2.45) is 5.73 Å². The molecule has 0 saturated heterocycles. The quantitative estimate of drug-likeness (QED) is 0.741. The molecule has 1 atom stereocenters. The first-order chi connectivity index (χ1) is 7.99. The largest absolute Gasteiger partial charge is 0.478 e.